The van der Waals surface area contributed by atoms with Crippen molar-refractivity contribution in [1.29, 1.82) is 0 Å². The van der Waals surface area contributed by atoms with Gasteiger partial charge in [0, 0.05) is 44.1 Å². The number of anilines is 2. The molecule has 1 aliphatic rings. The van der Waals surface area contributed by atoms with Gasteiger partial charge in [0.05, 0.1) is 28.6 Å². The molecule has 3 aromatic rings. The molecule has 17 heteroatoms. The lowest BCUT2D eigenvalue weighted by Crippen LogP contribution is -2.50. The zero-order valence-electron chi connectivity index (χ0n) is 20.0. The van der Waals surface area contributed by atoms with Gasteiger partial charge in [0.1, 0.15) is 12.1 Å². The third-order valence-electron chi connectivity index (χ3n) is 5.63. The summed E-state index contributed by atoms with van der Waals surface area (Å²) in [5.41, 5.74) is -0.633. The van der Waals surface area contributed by atoms with Crippen molar-refractivity contribution in [3.8, 4) is 0 Å². The fourth-order valence-electron chi connectivity index (χ4n) is 3.90. The van der Waals surface area contributed by atoms with Gasteiger partial charge in [0.2, 0.25) is 0 Å². The number of amides is 1. The molecule has 2 N–H and O–H groups in total. The van der Waals surface area contributed by atoms with Gasteiger partial charge < -0.3 is 10.1 Å². The maximum atomic E-state index is 13.2. The second kappa shape index (κ2) is 10.6. The van der Waals surface area contributed by atoms with Crippen molar-refractivity contribution in [3.63, 3.8) is 0 Å². The average Bonchev–Trinajstić information content (AvgIpc) is 3.43. The number of hydrogen-bond acceptors (Lipinski definition) is 11. The number of carbonyl (C=O) groups excluding carboxylic acids is 1. The number of thiophene rings is 1. The van der Waals surface area contributed by atoms with Gasteiger partial charge in [-0.15, -0.1) is 11.3 Å². The second-order valence-electron chi connectivity index (χ2n) is 8.31. The minimum absolute atomic E-state index is 0.0596. The Morgan fingerprint density at radius 1 is 1.24 bits per heavy atom. The predicted octanol–water partition coefficient (Wildman–Crippen LogP) is 3.46. The van der Waals surface area contributed by atoms with E-state index in [1.165, 1.54) is 11.4 Å². The van der Waals surface area contributed by atoms with Gasteiger partial charge in [0.25, 0.3) is 10.0 Å². The number of rotatable bonds is 7. The van der Waals surface area contributed by atoms with Crippen LogP contribution in [0.5, 0.6) is 0 Å². The fourth-order valence-corrected chi connectivity index (χ4v) is 7.84. The molecule has 0 spiro atoms. The largest absolute Gasteiger partial charge is 0.453 e. The summed E-state index contributed by atoms with van der Waals surface area (Å²) in [5, 5.41) is 6.71. The molecule has 0 saturated carbocycles. The highest BCUT2D eigenvalue weighted by atomic mass is 32.2. The van der Waals surface area contributed by atoms with Crippen LogP contribution in [0.4, 0.5) is 28.9 Å². The number of nitrogens with zero attached hydrogens (tertiary/aromatic N) is 5. The SMILES string of the molecule is COC(=O)Nc1nc(C)c(S(=O)(=O)N2CCN(C[C@H](C)Nc3ncnc4c(C(F)(F)F)csc34)CC2)s1. The van der Waals surface area contributed by atoms with Crippen molar-refractivity contribution in [3.05, 3.63) is 23.0 Å². The Morgan fingerprint density at radius 2 is 1.95 bits per heavy atom. The molecule has 1 aliphatic heterocycles. The van der Waals surface area contributed by atoms with Crippen LogP contribution in [-0.2, 0) is 20.9 Å². The number of piperazine rings is 1. The van der Waals surface area contributed by atoms with E-state index in [-0.39, 0.29) is 39.7 Å². The van der Waals surface area contributed by atoms with Gasteiger partial charge in [-0.3, -0.25) is 10.2 Å². The number of hydrogen-bond donors (Lipinski definition) is 2. The molecule has 202 valence electrons. The van der Waals surface area contributed by atoms with Gasteiger partial charge in [-0.1, -0.05) is 11.3 Å². The Bertz CT molecular complexity index is 1390. The molecular weight excluding hydrogens is 555 g/mol. The third-order valence-corrected chi connectivity index (χ3v) is 10.2. The van der Waals surface area contributed by atoms with Crippen LogP contribution in [0.1, 0.15) is 18.2 Å². The molecule has 37 heavy (non-hydrogen) atoms. The van der Waals surface area contributed by atoms with Crippen LogP contribution < -0.4 is 10.6 Å². The monoisotopic (exact) mass is 579 g/mol. The van der Waals surface area contributed by atoms with E-state index in [2.05, 4.69) is 35.2 Å². The van der Waals surface area contributed by atoms with Crippen molar-refractivity contribution >= 4 is 60.0 Å². The number of ether oxygens (including phenoxy) is 1. The molecule has 0 radical (unpaired) electrons. The lowest BCUT2D eigenvalue weighted by atomic mass is 10.2. The molecule has 0 unspecified atom stereocenters. The lowest BCUT2D eigenvalue weighted by Gasteiger charge is -2.35. The minimum atomic E-state index is -4.49. The maximum Gasteiger partial charge on any atom is 0.419 e. The lowest BCUT2D eigenvalue weighted by molar-refractivity contribution is -0.136. The van der Waals surface area contributed by atoms with E-state index >= 15 is 0 Å². The number of alkyl halides is 3. The Morgan fingerprint density at radius 3 is 2.59 bits per heavy atom. The first-order chi connectivity index (χ1) is 17.4. The normalized spacial score (nSPS) is 16.6. The number of fused-ring (bicyclic) bond motifs is 1. The number of sulfonamides is 1. The topological polar surface area (TPSA) is 130 Å². The predicted molar refractivity (Wildman–Crippen MR) is 134 cm³/mol. The van der Waals surface area contributed by atoms with Gasteiger partial charge in [-0.2, -0.15) is 17.5 Å². The smallest absolute Gasteiger partial charge is 0.419 e. The molecule has 4 heterocycles. The quantitative estimate of drug-likeness (QED) is 0.432. The standard InChI is InChI=1S/C20H24F3N7O4S3/c1-11(26-16-15-14(24-10-25-16)13(9-35-15)20(21,22)23)8-29-4-6-30(7-5-29)37(32,33)17-12(2)27-18(36-17)28-19(31)34-3/h9-11H,4-8H2,1-3H3,(H,24,25,26)(H,27,28,31)/t11-/m0/s1. The molecule has 4 rings (SSSR count). The van der Waals surface area contributed by atoms with Crippen molar-refractivity contribution in [2.75, 3.05) is 50.5 Å². The number of aryl methyl sites for hydroxylation is 1. The summed E-state index contributed by atoms with van der Waals surface area (Å²) >= 11 is 1.80. The molecule has 0 bridgehead atoms. The molecule has 3 aromatic heterocycles. The molecule has 0 aliphatic carbocycles. The van der Waals surface area contributed by atoms with Gasteiger partial charge in [-0.25, -0.2) is 28.2 Å². The molecule has 0 aromatic carbocycles. The van der Waals surface area contributed by atoms with E-state index in [0.717, 1.165) is 34.4 Å². The highest BCUT2D eigenvalue weighted by Gasteiger charge is 2.35. The van der Waals surface area contributed by atoms with Crippen LogP contribution >= 0.6 is 22.7 Å². The van der Waals surface area contributed by atoms with Crippen LogP contribution in [0.2, 0.25) is 0 Å². The minimum Gasteiger partial charge on any atom is -0.453 e. The van der Waals surface area contributed by atoms with E-state index in [1.807, 2.05) is 6.92 Å². The van der Waals surface area contributed by atoms with Crippen LogP contribution in [0.15, 0.2) is 15.9 Å². The highest BCUT2D eigenvalue weighted by Crippen LogP contribution is 2.39. The van der Waals surface area contributed by atoms with Gasteiger partial charge in [0.15, 0.2) is 9.34 Å². The molecule has 1 saturated heterocycles. The molecular formula is C20H24F3N7O4S3. The summed E-state index contributed by atoms with van der Waals surface area (Å²) in [4.78, 5) is 25.5. The van der Waals surface area contributed by atoms with E-state index < -0.39 is 27.9 Å². The number of thiazole rings is 1. The summed E-state index contributed by atoms with van der Waals surface area (Å²) < 4.78 is 72.3. The summed E-state index contributed by atoms with van der Waals surface area (Å²) in [7, 11) is -2.60. The molecule has 1 atom stereocenters. The Labute approximate surface area is 218 Å². The molecule has 1 fully saturated rings. The van der Waals surface area contributed by atoms with E-state index in [9.17, 15) is 26.4 Å². The summed E-state index contributed by atoms with van der Waals surface area (Å²) in [6.07, 6.45) is -4.13. The van der Waals surface area contributed by atoms with Crippen LogP contribution in [-0.4, -0.2) is 84.5 Å². The number of halogens is 3. The van der Waals surface area contributed by atoms with Crippen LogP contribution in [0.3, 0.4) is 0 Å². The van der Waals surface area contributed by atoms with Crippen molar-refractivity contribution in [2.45, 2.75) is 30.3 Å². The van der Waals surface area contributed by atoms with Crippen molar-refractivity contribution < 1.29 is 31.1 Å². The molecule has 1 amide bonds. The first-order valence-corrected chi connectivity index (χ1v) is 14.1. The number of methoxy groups -OCH3 is 1. The maximum absolute atomic E-state index is 13.2. The van der Waals surface area contributed by atoms with Crippen LogP contribution in [0.25, 0.3) is 10.2 Å². The number of aromatic nitrogens is 3. The zero-order chi connectivity index (χ0) is 27.0. The van der Waals surface area contributed by atoms with E-state index in [1.54, 1.807) is 6.92 Å². The summed E-state index contributed by atoms with van der Waals surface area (Å²) in [5.74, 6) is 0.330. The van der Waals surface area contributed by atoms with Gasteiger partial charge >= 0.3 is 12.3 Å². The Balaban J connectivity index is 1.36. The fraction of sp³-hybridized carbons (Fsp3) is 0.500. The van der Waals surface area contributed by atoms with Gasteiger partial charge in [-0.05, 0) is 13.8 Å². The number of nitrogens with one attached hydrogen (secondary N) is 2. The Kier molecular flexibility index (Phi) is 7.89. The highest BCUT2D eigenvalue weighted by molar-refractivity contribution is 7.91. The third kappa shape index (κ3) is 5.95. The van der Waals surface area contributed by atoms with Crippen LogP contribution in [0, 0.1) is 6.92 Å². The van der Waals surface area contributed by atoms with Crippen molar-refractivity contribution in [1.82, 2.24) is 24.2 Å². The molecule has 11 nitrogen and oxygen atoms in total. The van der Waals surface area contributed by atoms with E-state index in [0.29, 0.717) is 30.2 Å². The Hall–Kier alpha value is -2.60. The number of carbonyl (C=O) groups is 1. The van der Waals surface area contributed by atoms with E-state index in [4.69, 9.17) is 0 Å². The first-order valence-electron chi connectivity index (χ1n) is 11.0. The summed E-state index contributed by atoms with van der Waals surface area (Å²) in [6.45, 7) is 5.41. The first kappa shape index (κ1) is 27.4. The summed E-state index contributed by atoms with van der Waals surface area (Å²) in [6, 6.07) is -0.173. The zero-order valence-corrected chi connectivity index (χ0v) is 22.4. The van der Waals surface area contributed by atoms with Crippen molar-refractivity contribution in [2.24, 2.45) is 0 Å². The average molecular weight is 580 g/mol. The second-order valence-corrected chi connectivity index (χ2v) is 12.3.